The number of anilines is 1. The maximum atomic E-state index is 12.3. The van der Waals surface area contributed by atoms with Gasteiger partial charge in [-0.25, -0.2) is 13.1 Å². The Labute approximate surface area is 135 Å². The number of benzene rings is 1. The van der Waals surface area contributed by atoms with E-state index in [9.17, 15) is 8.42 Å². The second kappa shape index (κ2) is 7.71. The first kappa shape index (κ1) is 17.9. The number of nitrogens with two attached hydrogens (primary N) is 1. The zero-order valence-electron chi connectivity index (χ0n) is 11.0. The molecule has 0 saturated carbocycles. The van der Waals surface area contributed by atoms with Gasteiger partial charge in [0.2, 0.25) is 10.0 Å². The molecule has 20 heavy (non-hydrogen) atoms. The van der Waals surface area contributed by atoms with E-state index in [1.807, 2.05) is 0 Å². The molecule has 1 unspecified atom stereocenters. The van der Waals surface area contributed by atoms with Gasteiger partial charge >= 0.3 is 0 Å². The standard InChI is InChI=1S/C11H16Br2N2O4S/c1-18-6-8(19-2)5-15-20(16,17)11-9(13)3-7(12)4-10(11)14/h3-4,8,15H,5-6,14H2,1-2H3. The molecule has 1 rings (SSSR count). The fourth-order valence-corrected chi connectivity index (χ4v) is 4.67. The lowest BCUT2D eigenvalue weighted by atomic mass is 10.3. The average Bonchev–Trinajstić information content (AvgIpc) is 2.32. The Bertz CT molecular complexity index is 543. The number of halogens is 2. The molecule has 1 aromatic carbocycles. The molecule has 0 fully saturated rings. The third kappa shape index (κ3) is 4.68. The number of rotatable bonds is 7. The predicted octanol–water partition coefficient (Wildman–Crippen LogP) is 1.73. The van der Waals surface area contributed by atoms with Gasteiger partial charge in [0.1, 0.15) is 4.90 Å². The zero-order chi connectivity index (χ0) is 15.3. The molecule has 1 aromatic rings. The second-order valence-electron chi connectivity index (χ2n) is 3.97. The van der Waals surface area contributed by atoms with Gasteiger partial charge in [-0.15, -0.1) is 0 Å². The van der Waals surface area contributed by atoms with Crippen LogP contribution in [0.25, 0.3) is 0 Å². The SMILES string of the molecule is COCC(CNS(=O)(=O)c1c(N)cc(Br)cc1Br)OC. The van der Waals surface area contributed by atoms with Crippen molar-refractivity contribution in [1.82, 2.24) is 4.72 Å². The van der Waals surface area contributed by atoms with Crippen molar-refractivity contribution < 1.29 is 17.9 Å². The Morgan fingerprint density at radius 1 is 1.35 bits per heavy atom. The van der Waals surface area contributed by atoms with Gasteiger partial charge in [0.25, 0.3) is 0 Å². The van der Waals surface area contributed by atoms with Crippen LogP contribution in [-0.2, 0) is 19.5 Å². The number of sulfonamides is 1. The zero-order valence-corrected chi connectivity index (χ0v) is 15.0. The van der Waals surface area contributed by atoms with E-state index in [-0.39, 0.29) is 29.8 Å². The van der Waals surface area contributed by atoms with Crippen molar-refractivity contribution in [1.29, 1.82) is 0 Å². The van der Waals surface area contributed by atoms with E-state index >= 15 is 0 Å². The first-order valence-electron chi connectivity index (χ1n) is 5.57. The highest BCUT2D eigenvalue weighted by Crippen LogP contribution is 2.31. The summed E-state index contributed by atoms with van der Waals surface area (Å²) in [5.41, 5.74) is 5.92. The molecule has 0 aliphatic heterocycles. The summed E-state index contributed by atoms with van der Waals surface area (Å²) in [6, 6.07) is 3.15. The van der Waals surface area contributed by atoms with Gasteiger partial charge in [-0.3, -0.25) is 0 Å². The third-order valence-electron chi connectivity index (χ3n) is 2.49. The largest absolute Gasteiger partial charge is 0.398 e. The molecule has 9 heteroatoms. The third-order valence-corrected chi connectivity index (χ3v) is 5.38. The van der Waals surface area contributed by atoms with Crippen LogP contribution in [0.1, 0.15) is 0 Å². The number of nitrogens with one attached hydrogen (secondary N) is 1. The number of methoxy groups -OCH3 is 2. The van der Waals surface area contributed by atoms with Crippen LogP contribution < -0.4 is 10.5 Å². The summed E-state index contributed by atoms with van der Waals surface area (Å²) in [6.07, 6.45) is -0.370. The molecule has 0 spiro atoms. The lowest BCUT2D eigenvalue weighted by molar-refractivity contribution is 0.0320. The Balaban J connectivity index is 2.95. The smallest absolute Gasteiger partial charge is 0.243 e. The highest BCUT2D eigenvalue weighted by atomic mass is 79.9. The van der Waals surface area contributed by atoms with E-state index in [0.717, 1.165) is 0 Å². The molecule has 0 amide bonds. The minimum atomic E-state index is -3.74. The molecule has 0 radical (unpaired) electrons. The van der Waals surface area contributed by atoms with E-state index in [0.29, 0.717) is 8.95 Å². The Hall–Kier alpha value is -0.190. The monoisotopic (exact) mass is 430 g/mol. The summed E-state index contributed by atoms with van der Waals surface area (Å²) in [5, 5.41) is 0. The van der Waals surface area contributed by atoms with Crippen molar-refractivity contribution in [2.45, 2.75) is 11.0 Å². The van der Waals surface area contributed by atoms with Gasteiger partial charge in [-0.2, -0.15) is 0 Å². The summed E-state index contributed by atoms with van der Waals surface area (Å²) >= 11 is 6.45. The first-order valence-corrected chi connectivity index (χ1v) is 8.64. The van der Waals surface area contributed by atoms with Gasteiger partial charge in [0, 0.05) is 29.7 Å². The van der Waals surface area contributed by atoms with Gasteiger partial charge in [-0.1, -0.05) is 15.9 Å². The lowest BCUT2D eigenvalue weighted by Gasteiger charge is -2.16. The number of ether oxygens (including phenoxy) is 2. The minimum absolute atomic E-state index is 0.00738. The van der Waals surface area contributed by atoms with Crippen LogP contribution in [0.2, 0.25) is 0 Å². The minimum Gasteiger partial charge on any atom is -0.398 e. The molecule has 6 nitrogen and oxygen atoms in total. The van der Waals surface area contributed by atoms with E-state index in [2.05, 4.69) is 36.6 Å². The van der Waals surface area contributed by atoms with Crippen molar-refractivity contribution in [3.05, 3.63) is 21.1 Å². The second-order valence-corrected chi connectivity index (χ2v) is 7.44. The van der Waals surface area contributed by atoms with Crippen molar-refractivity contribution >= 4 is 47.6 Å². The van der Waals surface area contributed by atoms with Crippen molar-refractivity contribution in [2.75, 3.05) is 33.1 Å². The number of nitrogen functional groups attached to an aromatic ring is 1. The fraction of sp³-hybridized carbons (Fsp3) is 0.455. The fourth-order valence-electron chi connectivity index (χ4n) is 1.53. The molecule has 0 aliphatic carbocycles. The number of hydrogen-bond acceptors (Lipinski definition) is 5. The predicted molar refractivity (Wildman–Crippen MR) is 84.1 cm³/mol. The summed E-state index contributed by atoms with van der Waals surface area (Å²) < 4.78 is 38.1. The van der Waals surface area contributed by atoms with Crippen LogP contribution in [0.15, 0.2) is 26.0 Å². The molecule has 1 atom stereocenters. The Morgan fingerprint density at radius 3 is 2.50 bits per heavy atom. The van der Waals surface area contributed by atoms with E-state index in [4.69, 9.17) is 15.2 Å². The molecular weight excluding hydrogens is 416 g/mol. The average molecular weight is 432 g/mol. The highest BCUT2D eigenvalue weighted by Gasteiger charge is 2.22. The van der Waals surface area contributed by atoms with E-state index in [1.165, 1.54) is 20.3 Å². The summed E-state index contributed by atoms with van der Waals surface area (Å²) in [4.78, 5) is 0.00738. The molecule has 0 saturated heterocycles. The van der Waals surface area contributed by atoms with E-state index in [1.54, 1.807) is 6.07 Å². The van der Waals surface area contributed by atoms with Crippen LogP contribution in [0.3, 0.4) is 0 Å². The lowest BCUT2D eigenvalue weighted by Crippen LogP contribution is -2.36. The number of hydrogen-bond donors (Lipinski definition) is 2. The maximum Gasteiger partial charge on any atom is 0.243 e. The first-order chi connectivity index (χ1) is 9.31. The molecule has 0 bridgehead atoms. The van der Waals surface area contributed by atoms with Crippen molar-refractivity contribution in [3.63, 3.8) is 0 Å². The quantitative estimate of drug-likeness (QED) is 0.641. The molecular formula is C11H16Br2N2O4S. The van der Waals surface area contributed by atoms with Crippen molar-refractivity contribution in [2.24, 2.45) is 0 Å². The molecule has 0 aromatic heterocycles. The summed E-state index contributed by atoms with van der Waals surface area (Å²) in [7, 11) is -0.734. The normalized spacial score (nSPS) is 13.4. The topological polar surface area (TPSA) is 90.7 Å². The van der Waals surface area contributed by atoms with Crippen molar-refractivity contribution in [3.8, 4) is 0 Å². The summed E-state index contributed by atoms with van der Waals surface area (Å²) in [6.45, 7) is 0.380. The molecule has 114 valence electrons. The van der Waals surface area contributed by atoms with Gasteiger partial charge < -0.3 is 15.2 Å². The van der Waals surface area contributed by atoms with Crippen LogP contribution in [0.4, 0.5) is 5.69 Å². The van der Waals surface area contributed by atoms with E-state index < -0.39 is 10.0 Å². The molecule has 3 N–H and O–H groups in total. The van der Waals surface area contributed by atoms with Crippen LogP contribution in [-0.4, -0.2) is 41.9 Å². The van der Waals surface area contributed by atoms with Crippen LogP contribution >= 0.6 is 31.9 Å². The Kier molecular flexibility index (Phi) is 6.89. The Morgan fingerprint density at radius 2 is 2.00 bits per heavy atom. The van der Waals surface area contributed by atoms with Crippen LogP contribution in [0, 0.1) is 0 Å². The molecule has 0 aliphatic rings. The van der Waals surface area contributed by atoms with Gasteiger partial charge in [0.05, 0.1) is 18.4 Å². The van der Waals surface area contributed by atoms with Gasteiger partial charge in [-0.05, 0) is 28.1 Å². The maximum absolute atomic E-state index is 12.3. The summed E-state index contributed by atoms with van der Waals surface area (Å²) in [5.74, 6) is 0. The van der Waals surface area contributed by atoms with Crippen LogP contribution in [0.5, 0.6) is 0 Å². The van der Waals surface area contributed by atoms with Gasteiger partial charge in [0.15, 0.2) is 0 Å². The molecule has 0 heterocycles. The highest BCUT2D eigenvalue weighted by molar-refractivity contribution is 9.11.